The van der Waals surface area contributed by atoms with Gasteiger partial charge in [-0.3, -0.25) is 0 Å². The molecule has 0 bridgehead atoms. The standard InChI is InChI=1S/C16H23NOS/c1-5-18-15-9-8-14(16(2,3)4)11-13(15)7-6-10-19-12-17/h8-9,11H,5-7,10H2,1-4H3. The fraction of sp³-hybridized carbons (Fsp3) is 0.562. The van der Waals surface area contributed by atoms with Gasteiger partial charge in [-0.1, -0.05) is 32.9 Å². The molecule has 1 rings (SSSR count). The molecular weight excluding hydrogens is 254 g/mol. The number of nitrogens with zero attached hydrogens (tertiary/aromatic N) is 1. The maximum absolute atomic E-state index is 8.54. The molecule has 0 fully saturated rings. The first-order valence-corrected chi connectivity index (χ1v) is 7.74. The number of rotatable bonds is 6. The molecule has 104 valence electrons. The van der Waals surface area contributed by atoms with E-state index >= 15 is 0 Å². The molecule has 0 aliphatic heterocycles. The fourth-order valence-electron chi connectivity index (χ4n) is 1.92. The third-order valence-corrected chi connectivity index (χ3v) is 3.61. The van der Waals surface area contributed by atoms with Crippen molar-refractivity contribution in [2.24, 2.45) is 0 Å². The SMILES string of the molecule is CCOc1ccc(C(C)(C)C)cc1CCCSC#N. The second-order valence-electron chi connectivity index (χ2n) is 5.55. The number of benzene rings is 1. The van der Waals surface area contributed by atoms with E-state index in [2.05, 4.69) is 44.4 Å². The molecule has 3 heteroatoms. The fourth-order valence-corrected chi connectivity index (χ4v) is 2.30. The Hall–Kier alpha value is -1.14. The van der Waals surface area contributed by atoms with Crippen LogP contribution in [0.4, 0.5) is 0 Å². The van der Waals surface area contributed by atoms with Gasteiger partial charge in [0.15, 0.2) is 0 Å². The van der Waals surface area contributed by atoms with Gasteiger partial charge in [-0.2, -0.15) is 5.26 Å². The van der Waals surface area contributed by atoms with Crippen LogP contribution >= 0.6 is 11.8 Å². The van der Waals surface area contributed by atoms with E-state index in [1.54, 1.807) is 0 Å². The topological polar surface area (TPSA) is 33.0 Å². The van der Waals surface area contributed by atoms with Crippen LogP contribution in [0.2, 0.25) is 0 Å². The summed E-state index contributed by atoms with van der Waals surface area (Å²) in [5, 5.41) is 10.7. The zero-order chi connectivity index (χ0) is 14.3. The van der Waals surface area contributed by atoms with Gasteiger partial charge >= 0.3 is 0 Å². The normalized spacial score (nSPS) is 11.1. The lowest BCUT2D eigenvalue weighted by atomic mass is 9.85. The highest BCUT2D eigenvalue weighted by molar-refractivity contribution is 8.03. The molecule has 0 aliphatic carbocycles. The summed E-state index contributed by atoms with van der Waals surface area (Å²) in [4.78, 5) is 0. The van der Waals surface area contributed by atoms with E-state index in [-0.39, 0.29) is 5.41 Å². The molecule has 1 aromatic carbocycles. The number of thiocyanates is 1. The quantitative estimate of drug-likeness (QED) is 0.566. The van der Waals surface area contributed by atoms with Gasteiger partial charge in [0.25, 0.3) is 0 Å². The molecule has 0 amide bonds. The molecule has 0 heterocycles. The van der Waals surface area contributed by atoms with Crippen LogP contribution in [0.3, 0.4) is 0 Å². The lowest BCUT2D eigenvalue weighted by Crippen LogP contribution is -2.12. The summed E-state index contributed by atoms with van der Waals surface area (Å²) >= 11 is 1.32. The van der Waals surface area contributed by atoms with Crippen LogP contribution in [-0.4, -0.2) is 12.4 Å². The highest BCUT2D eigenvalue weighted by Gasteiger charge is 2.15. The second kappa shape index (κ2) is 7.45. The van der Waals surface area contributed by atoms with Gasteiger partial charge in [-0.25, -0.2) is 0 Å². The Bertz CT molecular complexity index is 443. The molecule has 0 saturated heterocycles. The Labute approximate surface area is 121 Å². The molecule has 0 unspecified atom stereocenters. The molecule has 0 N–H and O–H groups in total. The number of ether oxygens (including phenoxy) is 1. The highest BCUT2D eigenvalue weighted by atomic mass is 32.2. The average molecular weight is 277 g/mol. The Morgan fingerprint density at radius 2 is 2.05 bits per heavy atom. The van der Waals surface area contributed by atoms with E-state index in [9.17, 15) is 0 Å². The minimum atomic E-state index is 0.154. The van der Waals surface area contributed by atoms with Crippen molar-refractivity contribution in [3.05, 3.63) is 29.3 Å². The van der Waals surface area contributed by atoms with Crippen LogP contribution in [0.1, 0.15) is 45.2 Å². The molecule has 0 aliphatic rings. The monoisotopic (exact) mass is 277 g/mol. The summed E-state index contributed by atoms with van der Waals surface area (Å²) in [6.45, 7) is 9.36. The predicted octanol–water partition coefficient (Wildman–Crippen LogP) is 4.53. The average Bonchev–Trinajstić information content (AvgIpc) is 2.35. The maximum atomic E-state index is 8.54. The molecule has 0 aromatic heterocycles. The van der Waals surface area contributed by atoms with Crippen molar-refractivity contribution in [3.8, 4) is 11.2 Å². The Morgan fingerprint density at radius 1 is 1.32 bits per heavy atom. The Morgan fingerprint density at radius 3 is 2.63 bits per heavy atom. The van der Waals surface area contributed by atoms with Crippen LogP contribution in [0, 0.1) is 10.7 Å². The van der Waals surface area contributed by atoms with Gasteiger partial charge in [0.05, 0.1) is 6.61 Å². The number of nitriles is 1. The summed E-state index contributed by atoms with van der Waals surface area (Å²) in [5.74, 6) is 1.86. The minimum Gasteiger partial charge on any atom is -0.494 e. The summed E-state index contributed by atoms with van der Waals surface area (Å²) < 4.78 is 5.69. The van der Waals surface area contributed by atoms with E-state index in [1.807, 2.05) is 6.92 Å². The molecule has 19 heavy (non-hydrogen) atoms. The van der Waals surface area contributed by atoms with E-state index in [0.29, 0.717) is 6.61 Å². The van der Waals surface area contributed by atoms with Crippen LogP contribution < -0.4 is 4.74 Å². The summed E-state index contributed by atoms with van der Waals surface area (Å²) in [5.41, 5.74) is 2.74. The van der Waals surface area contributed by atoms with Crippen molar-refractivity contribution in [3.63, 3.8) is 0 Å². The molecule has 0 saturated carbocycles. The van der Waals surface area contributed by atoms with Gasteiger partial charge < -0.3 is 4.74 Å². The smallest absolute Gasteiger partial charge is 0.133 e. The van der Waals surface area contributed by atoms with Crippen molar-refractivity contribution in [1.82, 2.24) is 0 Å². The van der Waals surface area contributed by atoms with Crippen LogP contribution in [0.25, 0.3) is 0 Å². The molecular formula is C16H23NOS. The second-order valence-corrected chi connectivity index (χ2v) is 6.43. The minimum absolute atomic E-state index is 0.154. The zero-order valence-corrected chi connectivity index (χ0v) is 13.1. The van der Waals surface area contributed by atoms with Gasteiger partial charge in [0.1, 0.15) is 11.2 Å². The summed E-state index contributed by atoms with van der Waals surface area (Å²) in [6.07, 6.45) is 1.97. The van der Waals surface area contributed by atoms with Crippen molar-refractivity contribution in [2.45, 2.75) is 46.0 Å². The van der Waals surface area contributed by atoms with Crippen LogP contribution in [-0.2, 0) is 11.8 Å². The van der Waals surface area contributed by atoms with Crippen molar-refractivity contribution < 1.29 is 4.74 Å². The Balaban J connectivity index is 2.86. The third kappa shape index (κ3) is 5.16. The zero-order valence-electron chi connectivity index (χ0n) is 12.3. The van der Waals surface area contributed by atoms with Gasteiger partial charge in [0, 0.05) is 5.75 Å². The van der Waals surface area contributed by atoms with Gasteiger partial charge in [0.2, 0.25) is 0 Å². The first-order chi connectivity index (χ1) is 8.99. The lowest BCUT2D eigenvalue weighted by molar-refractivity contribution is 0.336. The van der Waals surface area contributed by atoms with Gasteiger partial charge in [-0.15, -0.1) is 0 Å². The number of hydrogen-bond donors (Lipinski definition) is 0. The predicted molar refractivity (Wildman–Crippen MR) is 82.7 cm³/mol. The lowest BCUT2D eigenvalue weighted by Gasteiger charge is -2.21. The van der Waals surface area contributed by atoms with Gasteiger partial charge in [-0.05, 0) is 54.1 Å². The van der Waals surface area contributed by atoms with Crippen molar-refractivity contribution in [1.29, 1.82) is 5.26 Å². The molecule has 1 aromatic rings. The largest absolute Gasteiger partial charge is 0.494 e. The first-order valence-electron chi connectivity index (χ1n) is 6.76. The van der Waals surface area contributed by atoms with Crippen molar-refractivity contribution in [2.75, 3.05) is 12.4 Å². The van der Waals surface area contributed by atoms with E-state index in [4.69, 9.17) is 10.00 Å². The molecule has 0 spiro atoms. The van der Waals surface area contributed by atoms with E-state index in [0.717, 1.165) is 24.3 Å². The van der Waals surface area contributed by atoms with Crippen LogP contribution in [0.15, 0.2) is 18.2 Å². The number of thioether (sulfide) groups is 1. The van der Waals surface area contributed by atoms with E-state index in [1.165, 1.54) is 22.9 Å². The highest BCUT2D eigenvalue weighted by Crippen LogP contribution is 2.29. The summed E-state index contributed by atoms with van der Waals surface area (Å²) in [7, 11) is 0. The third-order valence-electron chi connectivity index (χ3n) is 2.98. The number of hydrogen-bond acceptors (Lipinski definition) is 3. The Kier molecular flexibility index (Phi) is 6.24. The van der Waals surface area contributed by atoms with Crippen molar-refractivity contribution >= 4 is 11.8 Å². The molecule has 0 radical (unpaired) electrons. The first kappa shape index (κ1) is 15.9. The molecule has 2 nitrogen and oxygen atoms in total. The maximum Gasteiger partial charge on any atom is 0.133 e. The van der Waals surface area contributed by atoms with Crippen LogP contribution in [0.5, 0.6) is 5.75 Å². The number of aryl methyl sites for hydroxylation is 1. The molecule has 0 atom stereocenters. The summed E-state index contributed by atoms with van der Waals surface area (Å²) in [6, 6.07) is 6.48. The van der Waals surface area contributed by atoms with E-state index < -0.39 is 0 Å².